The number of rotatable bonds is 6. The molecule has 0 saturated carbocycles. The molecule has 0 heterocycles. The van der Waals surface area contributed by atoms with Gasteiger partial charge in [0, 0.05) is 20.1 Å². The largest absolute Gasteiger partial charge is 0.497 e. The number of nitrogens with one attached hydrogen (secondary N) is 2. The standard InChI is InChI=1S/C19H24FN3O/c1-14-11-16(7-8-18(14)20)13-23-19(21-2)22-10-9-15-5-4-6-17(12-15)24-3/h4-8,11-12H,9-10,13H2,1-3H3,(H2,21,22,23). The van der Waals surface area contributed by atoms with Crippen molar-refractivity contribution in [2.24, 2.45) is 4.99 Å². The Balaban J connectivity index is 1.80. The highest BCUT2D eigenvalue weighted by molar-refractivity contribution is 5.79. The van der Waals surface area contributed by atoms with Crippen molar-refractivity contribution in [3.8, 4) is 5.75 Å². The second-order valence-electron chi connectivity index (χ2n) is 5.54. The molecule has 2 N–H and O–H groups in total. The molecule has 0 unspecified atom stereocenters. The van der Waals surface area contributed by atoms with Crippen molar-refractivity contribution in [2.45, 2.75) is 19.9 Å². The molecule has 0 atom stereocenters. The van der Waals surface area contributed by atoms with E-state index in [9.17, 15) is 4.39 Å². The van der Waals surface area contributed by atoms with Crippen LogP contribution in [0.25, 0.3) is 0 Å². The highest BCUT2D eigenvalue weighted by Gasteiger charge is 2.02. The summed E-state index contributed by atoms with van der Waals surface area (Å²) >= 11 is 0. The summed E-state index contributed by atoms with van der Waals surface area (Å²) in [5, 5.41) is 6.51. The van der Waals surface area contributed by atoms with E-state index >= 15 is 0 Å². The van der Waals surface area contributed by atoms with E-state index in [1.165, 1.54) is 11.6 Å². The topological polar surface area (TPSA) is 45.7 Å². The summed E-state index contributed by atoms with van der Waals surface area (Å²) in [6, 6.07) is 13.1. The Morgan fingerprint density at radius 3 is 2.67 bits per heavy atom. The number of halogens is 1. The van der Waals surface area contributed by atoms with Crippen LogP contribution in [0.2, 0.25) is 0 Å². The van der Waals surface area contributed by atoms with Gasteiger partial charge in [0.05, 0.1) is 7.11 Å². The van der Waals surface area contributed by atoms with Crippen LogP contribution in [0.4, 0.5) is 4.39 Å². The Hall–Kier alpha value is -2.56. The van der Waals surface area contributed by atoms with Gasteiger partial charge in [-0.25, -0.2) is 4.39 Å². The van der Waals surface area contributed by atoms with Gasteiger partial charge in [0.2, 0.25) is 0 Å². The fraction of sp³-hybridized carbons (Fsp3) is 0.316. The van der Waals surface area contributed by atoms with Crippen molar-refractivity contribution < 1.29 is 9.13 Å². The zero-order chi connectivity index (χ0) is 17.4. The Bertz CT molecular complexity index is 701. The average molecular weight is 329 g/mol. The lowest BCUT2D eigenvalue weighted by Gasteiger charge is -2.12. The maximum absolute atomic E-state index is 13.3. The smallest absolute Gasteiger partial charge is 0.191 e. The molecule has 0 spiro atoms. The summed E-state index contributed by atoms with van der Waals surface area (Å²) in [6.45, 7) is 3.12. The first-order valence-electron chi connectivity index (χ1n) is 7.95. The monoisotopic (exact) mass is 329 g/mol. The molecule has 0 radical (unpaired) electrons. The van der Waals surface area contributed by atoms with Crippen LogP contribution in [0.15, 0.2) is 47.5 Å². The molecule has 0 aliphatic heterocycles. The van der Waals surface area contributed by atoms with Crippen LogP contribution in [0.3, 0.4) is 0 Å². The van der Waals surface area contributed by atoms with Crippen molar-refractivity contribution in [3.63, 3.8) is 0 Å². The third kappa shape index (κ3) is 5.26. The van der Waals surface area contributed by atoms with Gasteiger partial charge in [-0.05, 0) is 48.2 Å². The third-order valence-corrected chi connectivity index (χ3v) is 3.75. The predicted octanol–water partition coefficient (Wildman–Crippen LogP) is 3.05. The van der Waals surface area contributed by atoms with Crippen LogP contribution in [0, 0.1) is 12.7 Å². The number of benzene rings is 2. The molecule has 24 heavy (non-hydrogen) atoms. The second kappa shape index (κ2) is 8.91. The van der Waals surface area contributed by atoms with Gasteiger partial charge in [-0.3, -0.25) is 4.99 Å². The van der Waals surface area contributed by atoms with E-state index in [1.54, 1.807) is 27.1 Å². The van der Waals surface area contributed by atoms with Crippen molar-refractivity contribution in [3.05, 3.63) is 65.0 Å². The number of methoxy groups -OCH3 is 1. The average Bonchev–Trinajstić information content (AvgIpc) is 2.61. The molecule has 0 saturated heterocycles. The summed E-state index contributed by atoms with van der Waals surface area (Å²) in [5.41, 5.74) is 2.87. The van der Waals surface area contributed by atoms with Crippen LogP contribution < -0.4 is 15.4 Å². The number of aliphatic imine (C=N–C) groups is 1. The molecule has 0 fully saturated rings. The van der Waals surface area contributed by atoms with Gasteiger partial charge >= 0.3 is 0 Å². The van der Waals surface area contributed by atoms with E-state index < -0.39 is 0 Å². The van der Waals surface area contributed by atoms with Gasteiger partial charge < -0.3 is 15.4 Å². The van der Waals surface area contributed by atoms with Crippen molar-refractivity contribution in [1.29, 1.82) is 0 Å². The highest BCUT2D eigenvalue weighted by atomic mass is 19.1. The summed E-state index contributed by atoms with van der Waals surface area (Å²) in [7, 11) is 3.40. The lowest BCUT2D eigenvalue weighted by molar-refractivity contribution is 0.414. The Kier molecular flexibility index (Phi) is 6.61. The van der Waals surface area contributed by atoms with Crippen LogP contribution in [0.5, 0.6) is 5.75 Å². The minimum Gasteiger partial charge on any atom is -0.497 e. The van der Waals surface area contributed by atoms with Crippen molar-refractivity contribution >= 4 is 5.96 Å². The molecule has 2 rings (SSSR count). The number of guanidine groups is 1. The van der Waals surface area contributed by atoms with Crippen LogP contribution >= 0.6 is 0 Å². The quantitative estimate of drug-likeness (QED) is 0.632. The van der Waals surface area contributed by atoms with Gasteiger partial charge in [-0.2, -0.15) is 0 Å². The van der Waals surface area contributed by atoms with Crippen molar-refractivity contribution in [1.82, 2.24) is 10.6 Å². The van der Waals surface area contributed by atoms with Gasteiger partial charge in [0.25, 0.3) is 0 Å². The molecule has 0 bridgehead atoms. The van der Waals surface area contributed by atoms with E-state index in [-0.39, 0.29) is 5.82 Å². The van der Waals surface area contributed by atoms with Crippen LogP contribution in [-0.4, -0.2) is 26.7 Å². The van der Waals surface area contributed by atoms with E-state index in [0.29, 0.717) is 12.1 Å². The lowest BCUT2D eigenvalue weighted by atomic mass is 10.1. The SMILES string of the molecule is CN=C(NCCc1cccc(OC)c1)NCc1ccc(F)c(C)c1. The minimum absolute atomic E-state index is 0.181. The summed E-state index contributed by atoms with van der Waals surface area (Å²) < 4.78 is 18.5. The fourth-order valence-corrected chi connectivity index (χ4v) is 2.38. The van der Waals surface area contributed by atoms with Gasteiger partial charge in [-0.1, -0.05) is 24.3 Å². The van der Waals surface area contributed by atoms with E-state index in [2.05, 4.69) is 21.7 Å². The van der Waals surface area contributed by atoms with E-state index in [1.807, 2.05) is 24.3 Å². The van der Waals surface area contributed by atoms with Gasteiger partial charge in [0.15, 0.2) is 5.96 Å². The first kappa shape index (κ1) is 17.8. The van der Waals surface area contributed by atoms with E-state index in [4.69, 9.17) is 4.74 Å². The third-order valence-electron chi connectivity index (χ3n) is 3.75. The number of ether oxygens (including phenoxy) is 1. The molecule has 0 aliphatic rings. The Morgan fingerprint density at radius 1 is 1.12 bits per heavy atom. The Morgan fingerprint density at radius 2 is 1.96 bits per heavy atom. The number of hydrogen-bond donors (Lipinski definition) is 2. The lowest BCUT2D eigenvalue weighted by Crippen LogP contribution is -2.37. The maximum atomic E-state index is 13.3. The normalized spacial score (nSPS) is 11.2. The molecule has 0 aliphatic carbocycles. The summed E-state index contributed by atoms with van der Waals surface area (Å²) in [5.74, 6) is 1.40. The van der Waals surface area contributed by atoms with Gasteiger partial charge in [0.1, 0.15) is 11.6 Å². The number of aryl methyl sites for hydroxylation is 1. The highest BCUT2D eigenvalue weighted by Crippen LogP contribution is 2.12. The number of hydrogen-bond acceptors (Lipinski definition) is 2. The Labute approximate surface area is 142 Å². The minimum atomic E-state index is -0.181. The molecule has 4 nitrogen and oxygen atoms in total. The maximum Gasteiger partial charge on any atom is 0.191 e. The molecule has 2 aromatic rings. The van der Waals surface area contributed by atoms with Crippen molar-refractivity contribution in [2.75, 3.05) is 20.7 Å². The zero-order valence-electron chi connectivity index (χ0n) is 14.4. The second-order valence-corrected chi connectivity index (χ2v) is 5.54. The molecule has 2 aromatic carbocycles. The molecular weight excluding hydrogens is 305 g/mol. The van der Waals surface area contributed by atoms with E-state index in [0.717, 1.165) is 30.2 Å². The zero-order valence-corrected chi connectivity index (χ0v) is 14.4. The molecule has 5 heteroatoms. The summed E-state index contributed by atoms with van der Waals surface area (Å²) in [6.07, 6.45) is 0.869. The summed E-state index contributed by atoms with van der Waals surface area (Å²) in [4.78, 5) is 4.20. The first-order valence-corrected chi connectivity index (χ1v) is 7.95. The molecular formula is C19H24FN3O. The van der Waals surface area contributed by atoms with Crippen LogP contribution in [-0.2, 0) is 13.0 Å². The fourth-order valence-electron chi connectivity index (χ4n) is 2.38. The molecule has 128 valence electrons. The first-order chi connectivity index (χ1) is 11.6. The molecule has 0 aromatic heterocycles. The van der Waals surface area contributed by atoms with Crippen LogP contribution in [0.1, 0.15) is 16.7 Å². The molecule has 0 amide bonds. The predicted molar refractivity (Wildman–Crippen MR) is 96.0 cm³/mol. The number of nitrogens with zero attached hydrogens (tertiary/aromatic N) is 1. The van der Waals surface area contributed by atoms with Gasteiger partial charge in [-0.15, -0.1) is 0 Å².